The smallest absolute Gasteiger partial charge is 0.338 e. The largest absolute Gasteiger partial charge is 0.478 e. The highest BCUT2D eigenvalue weighted by Gasteiger charge is 2.29. The van der Waals surface area contributed by atoms with Crippen LogP contribution in [-0.4, -0.2) is 28.1 Å². The second-order valence-electron chi connectivity index (χ2n) is 8.12. The molecule has 1 atom stereocenters. The van der Waals surface area contributed by atoms with E-state index < -0.39 is 33.3 Å². The Kier molecular flexibility index (Phi) is 9.78. The quantitative estimate of drug-likeness (QED) is 0.137. The zero-order valence-corrected chi connectivity index (χ0v) is 23.8. The number of halogens is 4. The molecule has 3 aromatic rings. The van der Waals surface area contributed by atoms with Gasteiger partial charge in [-0.15, -0.1) is 11.8 Å². The molecule has 3 rings (SSSR count). The van der Waals surface area contributed by atoms with Crippen LogP contribution >= 0.6 is 58.2 Å². The first-order valence-electron chi connectivity index (χ1n) is 11.0. The number of nitrogens with one attached hydrogen (secondary N) is 2. The van der Waals surface area contributed by atoms with E-state index in [1.807, 2.05) is 39.0 Å². The van der Waals surface area contributed by atoms with Gasteiger partial charge in [0.05, 0.1) is 36.5 Å². The third-order valence-corrected chi connectivity index (χ3v) is 8.55. The molecule has 37 heavy (non-hydrogen) atoms. The Morgan fingerprint density at radius 3 is 2.16 bits per heavy atom. The predicted octanol–water partition coefficient (Wildman–Crippen LogP) is 8.38. The van der Waals surface area contributed by atoms with Crippen LogP contribution in [0.5, 0.6) is 0 Å². The highest BCUT2D eigenvalue weighted by Crippen LogP contribution is 2.42. The van der Waals surface area contributed by atoms with Crippen molar-refractivity contribution in [2.45, 2.75) is 37.3 Å². The molecule has 0 aliphatic carbocycles. The first-order valence-corrected chi connectivity index (χ1v) is 13.4. The van der Waals surface area contributed by atoms with Crippen LogP contribution in [0.1, 0.15) is 45.2 Å². The SMILES string of the molecule is CCC(Sc1cccc(NC(=O)c2c(Cl)c(Cl)c(Cl)c(Cl)c2C(=O)O)c1)C(=O)Nc1cc(C)ccc1C. The van der Waals surface area contributed by atoms with Crippen LogP contribution in [-0.2, 0) is 4.79 Å². The van der Waals surface area contributed by atoms with E-state index in [9.17, 15) is 19.5 Å². The van der Waals surface area contributed by atoms with Crippen molar-refractivity contribution >= 4 is 87.3 Å². The Hall–Kier alpha value is -2.42. The lowest BCUT2D eigenvalue weighted by atomic mass is 10.1. The Balaban J connectivity index is 1.82. The fourth-order valence-electron chi connectivity index (χ4n) is 3.46. The van der Waals surface area contributed by atoms with Gasteiger partial charge in [0, 0.05) is 16.3 Å². The lowest BCUT2D eigenvalue weighted by Gasteiger charge is -2.17. The molecule has 0 saturated heterocycles. The van der Waals surface area contributed by atoms with E-state index in [4.69, 9.17) is 46.4 Å². The Morgan fingerprint density at radius 2 is 1.54 bits per heavy atom. The lowest BCUT2D eigenvalue weighted by molar-refractivity contribution is -0.115. The number of hydrogen-bond donors (Lipinski definition) is 3. The molecule has 0 aliphatic heterocycles. The van der Waals surface area contributed by atoms with Crippen LogP contribution < -0.4 is 10.6 Å². The van der Waals surface area contributed by atoms with E-state index in [-0.39, 0.29) is 21.0 Å². The van der Waals surface area contributed by atoms with Gasteiger partial charge in [0.2, 0.25) is 5.91 Å². The number of amides is 2. The molecular weight excluding hydrogens is 578 g/mol. The van der Waals surface area contributed by atoms with Gasteiger partial charge in [-0.05, 0) is 55.7 Å². The van der Waals surface area contributed by atoms with E-state index in [1.165, 1.54) is 11.8 Å². The van der Waals surface area contributed by atoms with Crippen LogP contribution in [0.2, 0.25) is 20.1 Å². The molecule has 0 saturated carbocycles. The summed E-state index contributed by atoms with van der Waals surface area (Å²) in [6, 6.07) is 12.7. The van der Waals surface area contributed by atoms with E-state index >= 15 is 0 Å². The van der Waals surface area contributed by atoms with Gasteiger partial charge in [0.15, 0.2) is 0 Å². The Morgan fingerprint density at radius 1 is 0.892 bits per heavy atom. The predicted molar refractivity (Wildman–Crippen MR) is 152 cm³/mol. The summed E-state index contributed by atoms with van der Waals surface area (Å²) in [6.45, 7) is 5.80. The van der Waals surface area contributed by atoms with Gasteiger partial charge in [-0.25, -0.2) is 4.79 Å². The summed E-state index contributed by atoms with van der Waals surface area (Å²) in [5.41, 5.74) is 2.15. The molecule has 0 fully saturated rings. The molecule has 0 aromatic heterocycles. The molecule has 11 heteroatoms. The molecule has 194 valence electrons. The lowest BCUT2D eigenvalue weighted by Crippen LogP contribution is -2.25. The van der Waals surface area contributed by atoms with Crippen molar-refractivity contribution in [2.75, 3.05) is 10.6 Å². The van der Waals surface area contributed by atoms with Crippen molar-refractivity contribution in [3.05, 3.63) is 84.8 Å². The summed E-state index contributed by atoms with van der Waals surface area (Å²) in [4.78, 5) is 38.5. The average molecular weight is 600 g/mol. The first-order chi connectivity index (χ1) is 17.4. The van der Waals surface area contributed by atoms with Gasteiger partial charge in [0.25, 0.3) is 5.91 Å². The van der Waals surface area contributed by atoms with Crippen molar-refractivity contribution in [2.24, 2.45) is 0 Å². The molecule has 6 nitrogen and oxygen atoms in total. The van der Waals surface area contributed by atoms with Crippen LogP contribution in [0, 0.1) is 13.8 Å². The molecular formula is C26H22Cl4N2O4S. The molecule has 0 heterocycles. The normalized spacial score (nSPS) is 11.6. The van der Waals surface area contributed by atoms with Gasteiger partial charge in [-0.3, -0.25) is 9.59 Å². The zero-order valence-electron chi connectivity index (χ0n) is 19.9. The number of carboxylic acids is 1. The average Bonchev–Trinajstić information content (AvgIpc) is 2.85. The summed E-state index contributed by atoms with van der Waals surface area (Å²) >= 11 is 25.6. The number of carbonyl (C=O) groups is 3. The maximum absolute atomic E-state index is 13.0. The number of hydrogen-bond acceptors (Lipinski definition) is 4. The van der Waals surface area contributed by atoms with Crippen molar-refractivity contribution < 1.29 is 19.5 Å². The minimum absolute atomic E-state index is 0.140. The molecule has 3 N–H and O–H groups in total. The standard InChI is InChI=1S/C26H22Cl4N2O4S/c1-4-17(24(33)32-16-10-12(2)8-9-13(16)3)37-15-7-5-6-14(11-15)31-25(34)18-19(26(35)36)21(28)23(30)22(29)20(18)27/h5-11,17H,4H2,1-3H3,(H,31,34)(H,32,33)(H,35,36). The van der Waals surface area contributed by atoms with E-state index in [2.05, 4.69) is 10.6 Å². The number of aromatic carboxylic acids is 1. The van der Waals surface area contributed by atoms with Crippen LogP contribution in [0.3, 0.4) is 0 Å². The van der Waals surface area contributed by atoms with Crippen molar-refractivity contribution in [3.8, 4) is 0 Å². The second-order valence-corrected chi connectivity index (χ2v) is 10.9. The van der Waals surface area contributed by atoms with Crippen molar-refractivity contribution in [3.63, 3.8) is 0 Å². The minimum atomic E-state index is -1.49. The van der Waals surface area contributed by atoms with Gasteiger partial charge in [-0.2, -0.15) is 0 Å². The number of rotatable bonds is 8. The highest BCUT2D eigenvalue weighted by molar-refractivity contribution is 8.00. The van der Waals surface area contributed by atoms with Gasteiger partial charge in [0.1, 0.15) is 0 Å². The third-order valence-electron chi connectivity index (χ3n) is 5.39. The number of thioether (sulfide) groups is 1. The number of carboxylic acid groups (broad SMARTS) is 1. The second kappa shape index (κ2) is 12.4. The van der Waals surface area contributed by atoms with E-state index in [1.54, 1.807) is 24.3 Å². The number of benzene rings is 3. The third kappa shape index (κ3) is 6.72. The van der Waals surface area contributed by atoms with E-state index in [0.717, 1.165) is 21.7 Å². The zero-order chi connectivity index (χ0) is 27.4. The maximum Gasteiger partial charge on any atom is 0.338 e. The summed E-state index contributed by atoms with van der Waals surface area (Å²) in [7, 11) is 0. The van der Waals surface area contributed by atoms with Crippen LogP contribution in [0.25, 0.3) is 0 Å². The Labute approximate surface area is 238 Å². The molecule has 2 amide bonds. The summed E-state index contributed by atoms with van der Waals surface area (Å²) < 4.78 is 0. The fraction of sp³-hybridized carbons (Fsp3) is 0.192. The molecule has 3 aromatic carbocycles. The molecule has 0 radical (unpaired) electrons. The number of anilines is 2. The van der Waals surface area contributed by atoms with Gasteiger partial charge in [-0.1, -0.05) is 71.5 Å². The highest BCUT2D eigenvalue weighted by atomic mass is 35.5. The van der Waals surface area contributed by atoms with Gasteiger partial charge >= 0.3 is 5.97 Å². The number of carbonyl (C=O) groups excluding carboxylic acids is 2. The Bertz CT molecular complexity index is 1400. The topological polar surface area (TPSA) is 95.5 Å². The minimum Gasteiger partial charge on any atom is -0.478 e. The monoisotopic (exact) mass is 598 g/mol. The molecule has 0 aliphatic rings. The number of aryl methyl sites for hydroxylation is 2. The van der Waals surface area contributed by atoms with Gasteiger partial charge < -0.3 is 15.7 Å². The van der Waals surface area contributed by atoms with Crippen LogP contribution in [0.15, 0.2) is 47.4 Å². The van der Waals surface area contributed by atoms with Crippen molar-refractivity contribution in [1.82, 2.24) is 0 Å². The van der Waals surface area contributed by atoms with Crippen LogP contribution in [0.4, 0.5) is 11.4 Å². The fourth-order valence-corrected chi connectivity index (χ4v) is 5.49. The summed E-state index contributed by atoms with van der Waals surface area (Å²) in [5.74, 6) is -2.45. The summed E-state index contributed by atoms with van der Waals surface area (Å²) in [5, 5.41) is 13.6. The van der Waals surface area contributed by atoms with E-state index in [0.29, 0.717) is 12.1 Å². The summed E-state index contributed by atoms with van der Waals surface area (Å²) in [6.07, 6.45) is 0.567. The molecule has 0 bridgehead atoms. The molecule has 0 spiro atoms. The molecule has 1 unspecified atom stereocenters. The van der Waals surface area contributed by atoms with Crippen molar-refractivity contribution in [1.29, 1.82) is 0 Å². The maximum atomic E-state index is 13.0. The first kappa shape index (κ1) is 29.1.